The van der Waals surface area contributed by atoms with Crippen molar-refractivity contribution in [2.45, 2.75) is 0 Å². The first-order valence-electron chi connectivity index (χ1n) is 13.8. The molecule has 2 aromatic heterocycles. The minimum absolute atomic E-state index is 0.641. The quantitative estimate of drug-likeness (QED) is 0.208. The summed E-state index contributed by atoms with van der Waals surface area (Å²) >= 11 is 0. The number of aromatic nitrogens is 2. The van der Waals surface area contributed by atoms with E-state index >= 15 is 0 Å². The fourth-order valence-electron chi connectivity index (χ4n) is 6.25. The summed E-state index contributed by atoms with van der Waals surface area (Å²) in [7, 11) is 0. The van der Waals surface area contributed by atoms with Crippen LogP contribution in [0.1, 0.15) is 5.56 Å². The van der Waals surface area contributed by atoms with Gasteiger partial charge in [0.05, 0.1) is 40.3 Å². The van der Waals surface area contributed by atoms with Gasteiger partial charge in [-0.1, -0.05) is 72.8 Å². The molecule has 0 saturated heterocycles. The van der Waals surface area contributed by atoms with Crippen molar-refractivity contribution in [2.75, 3.05) is 0 Å². The number of nitriles is 1. The third kappa shape index (κ3) is 3.53. The van der Waals surface area contributed by atoms with Gasteiger partial charge >= 0.3 is 0 Å². The van der Waals surface area contributed by atoms with E-state index in [1.807, 2.05) is 36.4 Å². The number of benzene rings is 6. The van der Waals surface area contributed by atoms with E-state index < -0.39 is 0 Å². The summed E-state index contributed by atoms with van der Waals surface area (Å²) in [6.07, 6.45) is 0. The number of rotatable bonds is 3. The van der Waals surface area contributed by atoms with Gasteiger partial charge < -0.3 is 9.13 Å². The number of fused-ring (bicyclic) bond motifs is 6. The molecule has 0 N–H and O–H groups in total. The van der Waals surface area contributed by atoms with E-state index in [4.69, 9.17) is 6.57 Å². The second-order valence-corrected chi connectivity index (χ2v) is 10.5. The summed E-state index contributed by atoms with van der Waals surface area (Å²) in [6.45, 7) is 7.27. The Morgan fingerprint density at radius 2 is 1.10 bits per heavy atom. The Kier molecular flexibility index (Phi) is 5.22. The van der Waals surface area contributed by atoms with E-state index in [1.54, 1.807) is 0 Å². The smallest absolute Gasteiger partial charge is 0.187 e. The number of nitrogens with zero attached hydrogens (tertiary/aromatic N) is 4. The Labute approximate surface area is 242 Å². The molecular weight excluding hydrogens is 512 g/mol. The molecule has 42 heavy (non-hydrogen) atoms. The van der Waals surface area contributed by atoms with Crippen molar-refractivity contribution in [3.63, 3.8) is 0 Å². The minimum atomic E-state index is 0.641. The van der Waals surface area contributed by atoms with Gasteiger partial charge in [0.2, 0.25) is 0 Å². The Hall–Kier alpha value is -6.10. The zero-order valence-corrected chi connectivity index (χ0v) is 22.5. The van der Waals surface area contributed by atoms with E-state index in [0.29, 0.717) is 11.3 Å². The second kappa shape index (κ2) is 9.24. The molecule has 0 aliphatic heterocycles. The molecule has 0 radical (unpaired) electrons. The summed E-state index contributed by atoms with van der Waals surface area (Å²) in [4.78, 5) is 3.53. The van der Waals surface area contributed by atoms with Crippen molar-refractivity contribution in [3.8, 4) is 28.6 Å². The van der Waals surface area contributed by atoms with Gasteiger partial charge in [0, 0.05) is 32.9 Å². The number of hydrogen-bond donors (Lipinski definition) is 0. The maximum Gasteiger partial charge on any atom is 0.187 e. The Balaban J connectivity index is 1.36. The first-order valence-corrected chi connectivity index (χ1v) is 13.8. The summed E-state index contributed by atoms with van der Waals surface area (Å²) in [6, 6.07) is 48.2. The van der Waals surface area contributed by atoms with E-state index in [1.165, 1.54) is 10.8 Å². The summed E-state index contributed by atoms with van der Waals surface area (Å²) < 4.78 is 4.63. The van der Waals surface area contributed by atoms with Crippen molar-refractivity contribution in [2.24, 2.45) is 0 Å². The molecule has 0 aliphatic carbocycles. The van der Waals surface area contributed by atoms with E-state index in [9.17, 15) is 5.26 Å². The van der Waals surface area contributed by atoms with Crippen LogP contribution in [0.2, 0.25) is 0 Å². The third-order valence-electron chi connectivity index (χ3n) is 8.15. The summed E-state index contributed by atoms with van der Waals surface area (Å²) in [5, 5.41) is 14.1. The van der Waals surface area contributed by atoms with Crippen molar-refractivity contribution in [3.05, 3.63) is 150 Å². The van der Waals surface area contributed by atoms with Crippen molar-refractivity contribution < 1.29 is 0 Å². The lowest BCUT2D eigenvalue weighted by molar-refractivity contribution is 1.17. The summed E-state index contributed by atoms with van der Waals surface area (Å²) in [5.41, 5.74) is 10.1. The van der Waals surface area contributed by atoms with Crippen molar-refractivity contribution in [1.82, 2.24) is 9.13 Å². The lowest BCUT2D eigenvalue weighted by Gasteiger charge is -2.12. The largest absolute Gasteiger partial charge is 0.309 e. The van der Waals surface area contributed by atoms with Crippen LogP contribution in [0.3, 0.4) is 0 Å². The predicted molar refractivity (Wildman–Crippen MR) is 172 cm³/mol. The molecule has 0 unspecified atom stereocenters. The molecule has 194 valence electrons. The molecule has 6 aromatic carbocycles. The molecule has 4 nitrogen and oxygen atoms in total. The molecule has 0 amide bonds. The molecular formula is C38H22N4. The zero-order chi connectivity index (χ0) is 28.2. The summed E-state index contributed by atoms with van der Waals surface area (Å²) in [5.74, 6) is 0. The molecule has 0 spiro atoms. The van der Waals surface area contributed by atoms with Crippen LogP contribution in [0.25, 0.3) is 71.0 Å². The van der Waals surface area contributed by atoms with Crippen LogP contribution >= 0.6 is 0 Å². The Morgan fingerprint density at radius 1 is 0.500 bits per heavy atom. The Bertz CT molecular complexity index is 2430. The van der Waals surface area contributed by atoms with Gasteiger partial charge in [-0.05, 0) is 71.8 Å². The predicted octanol–water partition coefficient (Wildman–Crippen LogP) is 9.97. The highest BCUT2D eigenvalue weighted by molar-refractivity contribution is 6.12. The fourth-order valence-corrected chi connectivity index (χ4v) is 6.25. The van der Waals surface area contributed by atoms with Crippen molar-refractivity contribution in [1.29, 1.82) is 5.26 Å². The molecule has 8 rings (SSSR count). The lowest BCUT2D eigenvalue weighted by Crippen LogP contribution is -1.96. The molecule has 0 aliphatic rings. The van der Waals surface area contributed by atoms with Gasteiger partial charge in [-0.15, -0.1) is 0 Å². The molecule has 4 heteroatoms. The SMILES string of the molecule is [C-]#[N+]c1ccc(-c2cccc(-n3c4ccccc4c4cc(-n5c6ccccc6c6cc(C#N)ccc65)ccc43)c2)cc1. The topological polar surface area (TPSA) is 38.0 Å². The second-order valence-electron chi connectivity index (χ2n) is 10.5. The minimum Gasteiger partial charge on any atom is -0.309 e. The van der Waals surface area contributed by atoms with Crippen LogP contribution in [0, 0.1) is 17.9 Å². The first-order chi connectivity index (χ1) is 20.7. The van der Waals surface area contributed by atoms with Gasteiger partial charge in [0.15, 0.2) is 5.69 Å². The van der Waals surface area contributed by atoms with Gasteiger partial charge in [0.25, 0.3) is 0 Å². The monoisotopic (exact) mass is 534 g/mol. The van der Waals surface area contributed by atoms with Gasteiger partial charge in [0.1, 0.15) is 0 Å². The lowest BCUT2D eigenvalue weighted by atomic mass is 10.0. The zero-order valence-electron chi connectivity index (χ0n) is 22.5. The van der Waals surface area contributed by atoms with Gasteiger partial charge in [-0.3, -0.25) is 0 Å². The molecule has 0 fully saturated rings. The van der Waals surface area contributed by atoms with E-state index in [2.05, 4.69) is 117 Å². The van der Waals surface area contributed by atoms with Gasteiger partial charge in [-0.2, -0.15) is 5.26 Å². The van der Waals surface area contributed by atoms with E-state index in [0.717, 1.165) is 55.3 Å². The van der Waals surface area contributed by atoms with Crippen LogP contribution in [0.5, 0.6) is 0 Å². The molecule has 2 heterocycles. The average Bonchev–Trinajstić information content (AvgIpc) is 3.57. The standard InChI is InChI=1S/C38H22N4/c1-40-28-16-14-26(15-17-28)27-7-6-8-29(22-27)41-36-12-5-3-10-32(36)34-23-30(18-20-38(34)41)42-35-11-4-2-9-31(35)33-21-25(24-39)13-19-37(33)42/h2-23H. The van der Waals surface area contributed by atoms with Crippen molar-refractivity contribution >= 4 is 49.3 Å². The maximum absolute atomic E-state index is 9.54. The molecule has 0 saturated carbocycles. The van der Waals surface area contributed by atoms with Crippen LogP contribution in [-0.2, 0) is 0 Å². The highest BCUT2D eigenvalue weighted by Crippen LogP contribution is 2.37. The number of hydrogen-bond acceptors (Lipinski definition) is 1. The van der Waals surface area contributed by atoms with E-state index in [-0.39, 0.29) is 0 Å². The molecule has 0 bridgehead atoms. The fraction of sp³-hybridized carbons (Fsp3) is 0. The highest BCUT2D eigenvalue weighted by atomic mass is 15.0. The van der Waals surface area contributed by atoms with Crippen LogP contribution in [0.15, 0.2) is 133 Å². The van der Waals surface area contributed by atoms with Crippen LogP contribution in [-0.4, -0.2) is 9.13 Å². The van der Waals surface area contributed by atoms with Crippen LogP contribution < -0.4 is 0 Å². The average molecular weight is 535 g/mol. The first kappa shape index (κ1) is 23.8. The Morgan fingerprint density at radius 3 is 1.76 bits per heavy atom. The van der Waals surface area contributed by atoms with Crippen LogP contribution in [0.4, 0.5) is 5.69 Å². The maximum atomic E-state index is 9.54. The normalized spacial score (nSPS) is 11.3. The number of para-hydroxylation sites is 2. The van der Waals surface area contributed by atoms with Gasteiger partial charge in [-0.25, -0.2) is 4.85 Å². The third-order valence-corrected chi connectivity index (χ3v) is 8.15. The molecule has 0 atom stereocenters. The molecule has 8 aromatic rings. The highest BCUT2D eigenvalue weighted by Gasteiger charge is 2.17.